The summed E-state index contributed by atoms with van der Waals surface area (Å²) in [6.07, 6.45) is 6.32. The van der Waals surface area contributed by atoms with Gasteiger partial charge in [0.1, 0.15) is 5.75 Å². The highest BCUT2D eigenvalue weighted by Gasteiger charge is 2.00. The fourth-order valence-corrected chi connectivity index (χ4v) is 1.44. The van der Waals surface area contributed by atoms with Gasteiger partial charge >= 0.3 is 0 Å². The van der Waals surface area contributed by atoms with Gasteiger partial charge in [-0.1, -0.05) is 0 Å². The number of phenols is 1. The highest BCUT2D eigenvalue weighted by molar-refractivity contribution is 5.94. The molecule has 0 aliphatic carbocycles. The maximum atomic E-state index is 11.6. The molecule has 0 amide bonds. The number of carbonyl (C=O) groups is 1. The second-order valence-electron chi connectivity index (χ2n) is 3.58. The molecule has 0 unspecified atom stereocenters. The number of rotatable bonds is 2. The Kier molecular flexibility index (Phi) is 2.96. The van der Waals surface area contributed by atoms with Crippen LogP contribution in [-0.4, -0.2) is 15.6 Å². The van der Waals surface area contributed by atoms with Crippen molar-refractivity contribution in [3.63, 3.8) is 0 Å². The lowest BCUT2D eigenvalue weighted by Gasteiger charge is -2.01. The van der Waals surface area contributed by atoms with E-state index in [4.69, 9.17) is 5.73 Å². The molecule has 17 heavy (non-hydrogen) atoms. The average molecular weight is 228 g/mol. The SMILES string of the molecule is Nc1ccc(O)cc1C=CC(=O)n1cccc1. The maximum absolute atomic E-state index is 11.6. The van der Waals surface area contributed by atoms with Crippen molar-refractivity contribution in [2.75, 3.05) is 5.73 Å². The number of carbonyl (C=O) groups excluding carboxylic acids is 1. The molecular weight excluding hydrogens is 216 g/mol. The van der Waals surface area contributed by atoms with E-state index >= 15 is 0 Å². The van der Waals surface area contributed by atoms with Crippen molar-refractivity contribution in [1.29, 1.82) is 0 Å². The number of hydrogen-bond donors (Lipinski definition) is 2. The van der Waals surface area contributed by atoms with Gasteiger partial charge in [-0.05, 0) is 36.4 Å². The molecule has 0 bridgehead atoms. The van der Waals surface area contributed by atoms with Gasteiger partial charge in [0.15, 0.2) is 0 Å². The number of anilines is 1. The molecular formula is C13H12N2O2. The minimum Gasteiger partial charge on any atom is -0.508 e. The van der Waals surface area contributed by atoms with Crippen molar-refractivity contribution in [2.24, 2.45) is 0 Å². The van der Waals surface area contributed by atoms with Gasteiger partial charge in [0.05, 0.1) is 0 Å². The van der Waals surface area contributed by atoms with E-state index in [1.54, 1.807) is 36.7 Å². The minimum absolute atomic E-state index is 0.118. The third-order valence-corrected chi connectivity index (χ3v) is 2.33. The molecule has 86 valence electrons. The summed E-state index contributed by atoms with van der Waals surface area (Å²) >= 11 is 0. The number of nitrogens with zero attached hydrogens (tertiary/aromatic N) is 1. The van der Waals surface area contributed by atoms with Crippen LogP contribution in [0, 0.1) is 0 Å². The van der Waals surface area contributed by atoms with Crippen molar-refractivity contribution in [3.05, 3.63) is 54.4 Å². The fraction of sp³-hybridized carbons (Fsp3) is 0. The third-order valence-electron chi connectivity index (χ3n) is 2.33. The van der Waals surface area contributed by atoms with Gasteiger partial charge in [0.2, 0.25) is 0 Å². The first kappa shape index (κ1) is 11.0. The average Bonchev–Trinajstić information content (AvgIpc) is 2.83. The zero-order valence-corrected chi connectivity index (χ0v) is 9.08. The number of phenolic OH excluding ortho intramolecular Hbond substituents is 1. The van der Waals surface area contributed by atoms with Gasteiger partial charge in [-0.2, -0.15) is 0 Å². The Labute approximate surface area is 98.6 Å². The van der Waals surface area contributed by atoms with Crippen molar-refractivity contribution in [3.8, 4) is 5.75 Å². The molecule has 4 nitrogen and oxygen atoms in total. The summed E-state index contributed by atoms with van der Waals surface area (Å²) in [5, 5.41) is 9.31. The van der Waals surface area contributed by atoms with Gasteiger partial charge in [-0.25, -0.2) is 0 Å². The lowest BCUT2D eigenvalue weighted by atomic mass is 10.1. The van der Waals surface area contributed by atoms with Crippen LogP contribution in [0.4, 0.5) is 5.69 Å². The van der Waals surface area contributed by atoms with Crippen LogP contribution < -0.4 is 5.73 Å². The molecule has 0 spiro atoms. The molecule has 1 aromatic heterocycles. The van der Waals surface area contributed by atoms with E-state index in [0.717, 1.165) is 0 Å². The van der Waals surface area contributed by atoms with Crippen molar-refractivity contribution < 1.29 is 9.90 Å². The molecule has 0 aliphatic heterocycles. The minimum atomic E-state index is -0.169. The summed E-state index contributed by atoms with van der Waals surface area (Å²) in [5.41, 5.74) is 6.84. The summed E-state index contributed by atoms with van der Waals surface area (Å²) in [4.78, 5) is 11.6. The monoisotopic (exact) mass is 228 g/mol. The summed E-state index contributed by atoms with van der Waals surface area (Å²) in [6, 6.07) is 8.15. The predicted molar refractivity (Wildman–Crippen MR) is 66.6 cm³/mol. The highest BCUT2D eigenvalue weighted by Crippen LogP contribution is 2.19. The summed E-state index contributed by atoms with van der Waals surface area (Å²) in [5.74, 6) is -0.0509. The second kappa shape index (κ2) is 4.57. The standard InChI is InChI=1S/C13H12N2O2/c14-12-5-4-11(16)9-10(12)3-6-13(17)15-7-1-2-8-15/h1-9,16H,14H2. The first-order valence-electron chi connectivity index (χ1n) is 5.11. The lowest BCUT2D eigenvalue weighted by Crippen LogP contribution is -2.03. The first-order chi connectivity index (χ1) is 8.16. The first-order valence-corrected chi connectivity index (χ1v) is 5.11. The molecule has 1 heterocycles. The fourth-order valence-electron chi connectivity index (χ4n) is 1.44. The number of allylic oxidation sites excluding steroid dienone is 1. The van der Waals surface area contributed by atoms with Crippen LogP contribution in [0.25, 0.3) is 6.08 Å². The zero-order chi connectivity index (χ0) is 12.3. The Morgan fingerprint density at radius 2 is 2.00 bits per heavy atom. The largest absolute Gasteiger partial charge is 0.508 e. The second-order valence-corrected chi connectivity index (χ2v) is 3.58. The third kappa shape index (κ3) is 2.55. The Morgan fingerprint density at radius 3 is 2.71 bits per heavy atom. The Bertz CT molecular complexity index is 557. The zero-order valence-electron chi connectivity index (χ0n) is 9.08. The van der Waals surface area contributed by atoms with Crippen LogP contribution in [-0.2, 0) is 0 Å². The van der Waals surface area contributed by atoms with Gasteiger partial charge in [-0.3, -0.25) is 9.36 Å². The van der Waals surface area contributed by atoms with E-state index in [0.29, 0.717) is 11.3 Å². The number of benzene rings is 1. The normalized spacial score (nSPS) is 10.8. The van der Waals surface area contributed by atoms with Crippen LogP contribution >= 0.6 is 0 Å². The van der Waals surface area contributed by atoms with Gasteiger partial charge < -0.3 is 10.8 Å². The lowest BCUT2D eigenvalue weighted by molar-refractivity contribution is 0.0970. The van der Waals surface area contributed by atoms with Gasteiger partial charge in [-0.15, -0.1) is 0 Å². The molecule has 1 aromatic carbocycles. The molecule has 0 radical (unpaired) electrons. The smallest absolute Gasteiger partial charge is 0.254 e. The Morgan fingerprint density at radius 1 is 1.29 bits per heavy atom. The van der Waals surface area contributed by atoms with Crippen LogP contribution in [0.1, 0.15) is 10.4 Å². The molecule has 0 aliphatic rings. The Hall–Kier alpha value is -2.49. The van der Waals surface area contributed by atoms with E-state index in [-0.39, 0.29) is 11.7 Å². The molecule has 0 fully saturated rings. The Balaban J connectivity index is 2.21. The quantitative estimate of drug-likeness (QED) is 0.470. The molecule has 0 atom stereocenters. The maximum Gasteiger partial charge on any atom is 0.254 e. The predicted octanol–water partition coefficient (Wildman–Crippen LogP) is 2.13. The van der Waals surface area contributed by atoms with Crippen molar-refractivity contribution in [1.82, 2.24) is 4.57 Å². The van der Waals surface area contributed by atoms with E-state index in [1.165, 1.54) is 22.8 Å². The number of aromatic nitrogens is 1. The summed E-state index contributed by atoms with van der Waals surface area (Å²) in [6.45, 7) is 0. The highest BCUT2D eigenvalue weighted by atomic mass is 16.3. The molecule has 3 N–H and O–H groups in total. The van der Waals surface area contributed by atoms with E-state index in [9.17, 15) is 9.90 Å². The van der Waals surface area contributed by atoms with Crippen LogP contribution in [0.3, 0.4) is 0 Å². The number of hydrogen-bond acceptors (Lipinski definition) is 3. The molecule has 0 saturated heterocycles. The molecule has 4 heteroatoms. The summed E-state index contributed by atoms with van der Waals surface area (Å²) < 4.78 is 1.45. The van der Waals surface area contributed by atoms with Crippen LogP contribution in [0.15, 0.2) is 48.8 Å². The van der Waals surface area contributed by atoms with Crippen molar-refractivity contribution in [2.45, 2.75) is 0 Å². The van der Waals surface area contributed by atoms with E-state index in [1.807, 2.05) is 0 Å². The van der Waals surface area contributed by atoms with Crippen molar-refractivity contribution >= 4 is 17.7 Å². The molecule has 2 aromatic rings. The van der Waals surface area contributed by atoms with Crippen LogP contribution in [0.2, 0.25) is 0 Å². The van der Waals surface area contributed by atoms with Gasteiger partial charge in [0.25, 0.3) is 5.91 Å². The summed E-state index contributed by atoms with van der Waals surface area (Å²) in [7, 11) is 0. The topological polar surface area (TPSA) is 68.2 Å². The molecule has 2 rings (SSSR count). The van der Waals surface area contributed by atoms with E-state index in [2.05, 4.69) is 0 Å². The van der Waals surface area contributed by atoms with Crippen LogP contribution in [0.5, 0.6) is 5.75 Å². The number of nitrogens with two attached hydrogens (primary N) is 1. The van der Waals surface area contributed by atoms with Gasteiger partial charge in [0, 0.05) is 29.7 Å². The molecule has 0 saturated carbocycles. The van der Waals surface area contributed by atoms with E-state index < -0.39 is 0 Å². The number of aromatic hydroxyl groups is 1. The number of nitrogen functional groups attached to an aromatic ring is 1.